The number of rotatable bonds is 8. The molecule has 0 saturated carbocycles. The molecule has 0 unspecified atom stereocenters. The molecule has 34 heavy (non-hydrogen) atoms. The third-order valence-corrected chi connectivity index (χ3v) is 6.21. The van der Waals surface area contributed by atoms with Crippen molar-refractivity contribution in [3.8, 4) is 0 Å². The Morgan fingerprint density at radius 3 is 2.74 bits per heavy atom. The first-order chi connectivity index (χ1) is 16.4. The van der Waals surface area contributed by atoms with Gasteiger partial charge in [-0.15, -0.1) is 16.8 Å². The predicted octanol–water partition coefficient (Wildman–Crippen LogP) is 3.04. The Hall–Kier alpha value is -3.63. The number of carbonyl (C=O) groups excluding carboxylic acids is 2. The van der Waals surface area contributed by atoms with Crippen molar-refractivity contribution in [2.45, 2.75) is 18.6 Å². The molecule has 9 nitrogen and oxygen atoms in total. The van der Waals surface area contributed by atoms with E-state index in [-0.39, 0.29) is 30.3 Å². The topological polar surface area (TPSA) is 110 Å². The van der Waals surface area contributed by atoms with E-state index in [1.807, 2.05) is 19.1 Å². The number of nitrogens with one attached hydrogen (secondary N) is 2. The predicted molar refractivity (Wildman–Crippen MR) is 134 cm³/mol. The van der Waals surface area contributed by atoms with Gasteiger partial charge in [0, 0.05) is 6.54 Å². The van der Waals surface area contributed by atoms with Gasteiger partial charge in [-0.05, 0) is 36.8 Å². The first-order valence-electron chi connectivity index (χ1n) is 10.3. The zero-order valence-electron chi connectivity index (χ0n) is 18.2. The van der Waals surface area contributed by atoms with Gasteiger partial charge in [0.2, 0.25) is 17.6 Å². The van der Waals surface area contributed by atoms with Gasteiger partial charge in [-0.25, -0.2) is 0 Å². The molecule has 174 valence electrons. The lowest BCUT2D eigenvalue weighted by Gasteiger charge is -2.10. The van der Waals surface area contributed by atoms with Crippen LogP contribution in [0.2, 0.25) is 5.02 Å². The lowest BCUT2D eigenvalue weighted by atomic mass is 10.2. The SMILES string of the molecule is C=CCn1c(=O)c2ccccc2n2c(SCC(=O)NCC(=O)Nc3ccc(C)cc3Cl)nnc12. The molecular formula is C23H21ClN6O3S. The van der Waals surface area contributed by atoms with Crippen molar-refractivity contribution in [2.24, 2.45) is 0 Å². The van der Waals surface area contributed by atoms with Crippen LogP contribution in [0.25, 0.3) is 16.7 Å². The summed E-state index contributed by atoms with van der Waals surface area (Å²) < 4.78 is 3.22. The second kappa shape index (κ2) is 10.1. The number of fused-ring (bicyclic) bond motifs is 3. The molecular weight excluding hydrogens is 476 g/mol. The standard InChI is InChI=1S/C23H21ClN6O3S/c1-3-10-29-21(33)15-6-4-5-7-18(15)30-22(29)27-28-23(30)34-13-20(32)25-12-19(31)26-17-9-8-14(2)11-16(17)24/h3-9,11H,1,10,12-13H2,2H3,(H,25,32)(H,26,31). The number of amides is 2. The van der Waals surface area contributed by atoms with Gasteiger partial charge in [0.25, 0.3) is 5.56 Å². The normalized spacial score (nSPS) is 11.0. The number of thioether (sulfide) groups is 1. The molecule has 2 amide bonds. The van der Waals surface area contributed by atoms with Gasteiger partial charge >= 0.3 is 0 Å². The van der Waals surface area contributed by atoms with Gasteiger partial charge in [-0.1, -0.05) is 47.6 Å². The minimum Gasteiger partial charge on any atom is -0.346 e. The Morgan fingerprint density at radius 2 is 1.97 bits per heavy atom. The fourth-order valence-corrected chi connectivity index (χ4v) is 4.45. The molecule has 0 fully saturated rings. The maximum absolute atomic E-state index is 12.8. The van der Waals surface area contributed by atoms with Gasteiger partial charge in [-0.3, -0.25) is 23.4 Å². The molecule has 4 rings (SSSR count). The van der Waals surface area contributed by atoms with Gasteiger partial charge < -0.3 is 10.6 Å². The Balaban J connectivity index is 1.45. The summed E-state index contributed by atoms with van der Waals surface area (Å²) in [4.78, 5) is 37.4. The summed E-state index contributed by atoms with van der Waals surface area (Å²) in [5, 5.41) is 15.0. The average molecular weight is 497 g/mol. The summed E-state index contributed by atoms with van der Waals surface area (Å²) in [6.45, 7) is 5.67. The van der Waals surface area contributed by atoms with Gasteiger partial charge in [0.1, 0.15) is 0 Å². The molecule has 2 aromatic heterocycles. The average Bonchev–Trinajstić information content (AvgIpc) is 3.25. The number of halogens is 1. The quantitative estimate of drug-likeness (QED) is 0.286. The first kappa shape index (κ1) is 23.5. The summed E-state index contributed by atoms with van der Waals surface area (Å²) >= 11 is 7.28. The van der Waals surface area contributed by atoms with E-state index in [2.05, 4.69) is 27.4 Å². The molecule has 0 aliphatic rings. The minimum absolute atomic E-state index is 0.00821. The molecule has 4 aromatic rings. The van der Waals surface area contributed by atoms with Crippen LogP contribution in [0, 0.1) is 6.92 Å². The maximum atomic E-state index is 12.8. The van der Waals surface area contributed by atoms with Crippen molar-refractivity contribution in [3.05, 3.63) is 76.1 Å². The first-order valence-corrected chi connectivity index (χ1v) is 11.7. The zero-order chi connectivity index (χ0) is 24.2. The zero-order valence-corrected chi connectivity index (χ0v) is 19.8. The maximum Gasteiger partial charge on any atom is 0.263 e. The number of benzene rings is 2. The van der Waals surface area contributed by atoms with E-state index in [0.29, 0.717) is 32.5 Å². The number of aromatic nitrogens is 4. The molecule has 0 saturated heterocycles. The van der Waals surface area contributed by atoms with E-state index in [1.54, 1.807) is 40.8 Å². The Bertz CT molecular complexity index is 1480. The Morgan fingerprint density at radius 1 is 1.18 bits per heavy atom. The van der Waals surface area contributed by atoms with Crippen molar-refractivity contribution in [1.29, 1.82) is 0 Å². The summed E-state index contributed by atoms with van der Waals surface area (Å²) in [6, 6.07) is 12.4. The molecule has 11 heteroatoms. The van der Waals surface area contributed by atoms with E-state index in [0.717, 1.165) is 17.3 Å². The molecule has 0 radical (unpaired) electrons. The summed E-state index contributed by atoms with van der Waals surface area (Å²) in [5.74, 6) is -0.373. The second-order valence-electron chi connectivity index (χ2n) is 7.44. The van der Waals surface area contributed by atoms with Crippen LogP contribution in [0.4, 0.5) is 5.69 Å². The summed E-state index contributed by atoms with van der Waals surface area (Å²) in [5.41, 5.74) is 1.91. The van der Waals surface area contributed by atoms with E-state index in [9.17, 15) is 14.4 Å². The number of hydrogen-bond acceptors (Lipinski definition) is 6. The highest BCUT2D eigenvalue weighted by molar-refractivity contribution is 7.99. The second-order valence-corrected chi connectivity index (χ2v) is 8.79. The van der Waals surface area contributed by atoms with Gasteiger partial charge in [0.05, 0.1) is 33.9 Å². The smallest absolute Gasteiger partial charge is 0.263 e. The molecule has 2 aromatic carbocycles. The lowest BCUT2D eigenvalue weighted by Crippen LogP contribution is -2.34. The minimum atomic E-state index is -0.392. The van der Waals surface area contributed by atoms with E-state index in [4.69, 9.17) is 11.6 Å². The highest BCUT2D eigenvalue weighted by Crippen LogP contribution is 2.23. The van der Waals surface area contributed by atoms with Crippen molar-refractivity contribution in [3.63, 3.8) is 0 Å². The van der Waals surface area contributed by atoms with Crippen molar-refractivity contribution in [2.75, 3.05) is 17.6 Å². The van der Waals surface area contributed by atoms with Crippen LogP contribution in [-0.4, -0.2) is 43.3 Å². The number of aryl methyl sites for hydroxylation is 1. The highest BCUT2D eigenvalue weighted by Gasteiger charge is 2.17. The Kier molecular flexibility index (Phi) is 6.99. The largest absolute Gasteiger partial charge is 0.346 e. The molecule has 0 aliphatic heterocycles. The molecule has 2 N–H and O–H groups in total. The van der Waals surface area contributed by atoms with Crippen LogP contribution < -0.4 is 16.2 Å². The van der Waals surface area contributed by atoms with Crippen molar-refractivity contribution >= 4 is 57.5 Å². The third-order valence-electron chi connectivity index (χ3n) is 4.97. The monoisotopic (exact) mass is 496 g/mol. The fourth-order valence-electron chi connectivity index (χ4n) is 3.40. The molecule has 0 bridgehead atoms. The molecule has 0 aliphatic carbocycles. The summed E-state index contributed by atoms with van der Waals surface area (Å²) in [6.07, 6.45) is 1.61. The van der Waals surface area contributed by atoms with E-state index >= 15 is 0 Å². The number of carbonyl (C=O) groups is 2. The number of anilines is 1. The molecule has 0 atom stereocenters. The third kappa shape index (κ3) is 4.82. The van der Waals surface area contributed by atoms with Crippen LogP contribution in [0.3, 0.4) is 0 Å². The van der Waals surface area contributed by atoms with Crippen LogP contribution in [-0.2, 0) is 16.1 Å². The highest BCUT2D eigenvalue weighted by atomic mass is 35.5. The number of allylic oxidation sites excluding steroid dienone is 1. The molecule has 0 spiro atoms. The lowest BCUT2D eigenvalue weighted by molar-refractivity contribution is -0.122. The van der Waals surface area contributed by atoms with E-state index in [1.165, 1.54) is 4.57 Å². The van der Waals surface area contributed by atoms with E-state index < -0.39 is 5.91 Å². The van der Waals surface area contributed by atoms with Crippen LogP contribution in [0.1, 0.15) is 5.56 Å². The number of para-hydroxylation sites is 1. The molecule has 2 heterocycles. The number of nitrogens with zero attached hydrogens (tertiary/aromatic N) is 4. The fraction of sp³-hybridized carbons (Fsp3) is 0.174. The van der Waals surface area contributed by atoms with Crippen molar-refractivity contribution < 1.29 is 9.59 Å². The number of hydrogen-bond donors (Lipinski definition) is 2. The summed E-state index contributed by atoms with van der Waals surface area (Å²) in [7, 11) is 0. The van der Waals surface area contributed by atoms with Gasteiger partial charge in [0.15, 0.2) is 5.16 Å². The van der Waals surface area contributed by atoms with Crippen LogP contribution >= 0.6 is 23.4 Å². The van der Waals surface area contributed by atoms with Crippen molar-refractivity contribution in [1.82, 2.24) is 24.5 Å². The van der Waals surface area contributed by atoms with Crippen LogP contribution in [0.5, 0.6) is 0 Å². The van der Waals surface area contributed by atoms with Gasteiger partial charge in [-0.2, -0.15) is 0 Å². The van der Waals surface area contributed by atoms with Crippen LogP contribution in [0.15, 0.2) is 65.1 Å². The Labute approximate surface area is 203 Å².